The van der Waals surface area contributed by atoms with Crippen molar-refractivity contribution < 1.29 is 31.5 Å². The maximum absolute atomic E-state index is 15.0. The number of rotatable bonds is 6. The average Bonchev–Trinajstić information content (AvgIpc) is 3.10. The lowest BCUT2D eigenvalue weighted by molar-refractivity contribution is -0.127. The molecule has 8 nitrogen and oxygen atoms in total. The molecule has 5 rings (SSSR count). The van der Waals surface area contributed by atoms with Crippen molar-refractivity contribution in [1.29, 1.82) is 0 Å². The zero-order valence-electron chi connectivity index (χ0n) is 18.8. The molecule has 1 aliphatic carbocycles. The third-order valence-electron chi connectivity index (χ3n) is 7.63. The molecule has 1 atom stereocenters. The lowest BCUT2D eigenvalue weighted by atomic mass is 9.85. The van der Waals surface area contributed by atoms with E-state index in [1.165, 1.54) is 4.90 Å². The first-order valence-electron chi connectivity index (χ1n) is 11.9. The van der Waals surface area contributed by atoms with Gasteiger partial charge < -0.3 is 15.0 Å². The molecule has 0 radical (unpaired) electrons. The predicted octanol–water partition coefficient (Wildman–Crippen LogP) is 2.47. The average molecular weight is 498 g/mol. The highest BCUT2D eigenvalue weighted by Gasteiger charge is 2.40. The van der Waals surface area contributed by atoms with Crippen LogP contribution in [0.1, 0.15) is 32.1 Å². The number of ether oxygens (including phenoxy) is 1. The standard InChI is InChI=1S/C23H29F2N3O5S/c24-19-8-17(28-11-18(33-23(28)30)10-26-22(29)15-2-1-3-15)9-20(25)21(19)27-6-4-14(5-7-27)16-12-34(31,32)13-16/h8-9,14-16,18H,1-7,10-13H2,(H,26,29)/t18-/m0/s1. The molecule has 11 heteroatoms. The molecule has 1 aromatic carbocycles. The summed E-state index contributed by atoms with van der Waals surface area (Å²) in [4.78, 5) is 27.1. The normalized spacial score (nSPS) is 25.6. The summed E-state index contributed by atoms with van der Waals surface area (Å²) in [5.74, 6) is -0.703. The van der Waals surface area contributed by atoms with E-state index in [-0.39, 0.29) is 59.6 Å². The number of cyclic esters (lactones) is 1. The second-order valence-electron chi connectivity index (χ2n) is 9.91. The Hall–Kier alpha value is -2.43. The van der Waals surface area contributed by atoms with Crippen LogP contribution in [0.15, 0.2) is 12.1 Å². The van der Waals surface area contributed by atoms with Crippen molar-refractivity contribution >= 4 is 33.2 Å². The fourth-order valence-corrected chi connectivity index (χ4v) is 7.10. The van der Waals surface area contributed by atoms with Crippen LogP contribution in [-0.4, -0.2) is 64.2 Å². The van der Waals surface area contributed by atoms with Gasteiger partial charge in [0.05, 0.1) is 30.3 Å². The van der Waals surface area contributed by atoms with Gasteiger partial charge in [-0.05, 0) is 37.5 Å². The van der Waals surface area contributed by atoms with E-state index in [1.807, 2.05) is 0 Å². The van der Waals surface area contributed by atoms with Crippen LogP contribution in [-0.2, 0) is 19.4 Å². The van der Waals surface area contributed by atoms with E-state index in [2.05, 4.69) is 5.32 Å². The van der Waals surface area contributed by atoms with Crippen LogP contribution in [0, 0.1) is 29.4 Å². The molecule has 4 fully saturated rings. The number of carbonyl (C=O) groups excluding carboxylic acids is 2. The van der Waals surface area contributed by atoms with E-state index < -0.39 is 33.7 Å². The molecule has 0 bridgehead atoms. The SMILES string of the molecule is O=C(NC[C@H]1CN(c2cc(F)c(N3CCC(C4CS(=O)(=O)C4)CC3)c(F)c2)C(=O)O1)C1CCC1. The topological polar surface area (TPSA) is 96.0 Å². The highest BCUT2D eigenvalue weighted by atomic mass is 32.2. The number of nitrogens with one attached hydrogen (secondary N) is 1. The van der Waals surface area contributed by atoms with E-state index in [0.717, 1.165) is 31.4 Å². The van der Waals surface area contributed by atoms with Crippen LogP contribution >= 0.6 is 0 Å². The molecule has 3 saturated heterocycles. The first-order chi connectivity index (χ1) is 16.2. The Morgan fingerprint density at radius 1 is 1.06 bits per heavy atom. The van der Waals surface area contributed by atoms with Crippen molar-refractivity contribution in [2.24, 2.45) is 17.8 Å². The molecule has 186 valence electrons. The van der Waals surface area contributed by atoms with Gasteiger partial charge in [0.25, 0.3) is 0 Å². The minimum atomic E-state index is -2.89. The first-order valence-corrected chi connectivity index (χ1v) is 13.7. The number of amides is 2. The fraction of sp³-hybridized carbons (Fsp3) is 0.652. The minimum absolute atomic E-state index is 0.0239. The molecule has 4 aliphatic rings. The zero-order chi connectivity index (χ0) is 24.0. The maximum Gasteiger partial charge on any atom is 0.414 e. The van der Waals surface area contributed by atoms with Gasteiger partial charge in [0, 0.05) is 31.1 Å². The second-order valence-corrected chi connectivity index (χ2v) is 12.1. The maximum atomic E-state index is 15.0. The summed E-state index contributed by atoms with van der Waals surface area (Å²) in [6.45, 7) is 1.15. The van der Waals surface area contributed by atoms with Crippen LogP contribution in [0.4, 0.5) is 25.0 Å². The van der Waals surface area contributed by atoms with Gasteiger partial charge in [0.1, 0.15) is 11.8 Å². The van der Waals surface area contributed by atoms with Crippen molar-refractivity contribution in [2.75, 3.05) is 47.5 Å². The molecule has 1 aromatic rings. The molecule has 1 N–H and O–H groups in total. The molecular formula is C23H29F2N3O5S. The smallest absolute Gasteiger partial charge is 0.414 e. The van der Waals surface area contributed by atoms with Crippen molar-refractivity contribution in [2.45, 2.75) is 38.2 Å². The molecule has 0 aromatic heterocycles. The van der Waals surface area contributed by atoms with Gasteiger partial charge in [-0.3, -0.25) is 9.69 Å². The number of anilines is 2. The zero-order valence-corrected chi connectivity index (χ0v) is 19.7. The number of halogens is 2. The van der Waals surface area contributed by atoms with E-state index in [4.69, 9.17) is 4.74 Å². The molecular weight excluding hydrogens is 468 g/mol. The minimum Gasteiger partial charge on any atom is -0.442 e. The molecule has 3 heterocycles. The van der Waals surface area contributed by atoms with Crippen molar-refractivity contribution in [3.8, 4) is 0 Å². The van der Waals surface area contributed by atoms with Crippen LogP contribution < -0.4 is 15.1 Å². The summed E-state index contributed by atoms with van der Waals surface area (Å²) < 4.78 is 58.2. The van der Waals surface area contributed by atoms with Crippen LogP contribution in [0.2, 0.25) is 0 Å². The highest BCUT2D eigenvalue weighted by molar-refractivity contribution is 7.92. The second kappa shape index (κ2) is 8.98. The fourth-order valence-electron chi connectivity index (χ4n) is 5.35. The van der Waals surface area contributed by atoms with Gasteiger partial charge >= 0.3 is 6.09 Å². The van der Waals surface area contributed by atoms with Crippen LogP contribution in [0.3, 0.4) is 0 Å². The molecule has 0 unspecified atom stereocenters. The van der Waals surface area contributed by atoms with E-state index in [0.29, 0.717) is 25.9 Å². The summed E-state index contributed by atoms with van der Waals surface area (Å²) in [5, 5.41) is 2.79. The number of piperidine rings is 1. The number of sulfone groups is 1. The van der Waals surface area contributed by atoms with Gasteiger partial charge in [-0.25, -0.2) is 22.0 Å². The molecule has 0 spiro atoms. The Labute approximate surface area is 197 Å². The van der Waals surface area contributed by atoms with Crippen LogP contribution in [0.25, 0.3) is 0 Å². The molecule has 2 amide bonds. The number of hydrogen-bond acceptors (Lipinski definition) is 6. The molecule has 3 aliphatic heterocycles. The Morgan fingerprint density at radius 2 is 1.71 bits per heavy atom. The predicted molar refractivity (Wildman–Crippen MR) is 121 cm³/mol. The molecule has 34 heavy (non-hydrogen) atoms. The van der Waals surface area contributed by atoms with E-state index >= 15 is 0 Å². The summed E-state index contributed by atoms with van der Waals surface area (Å²) in [6, 6.07) is 2.28. The lowest BCUT2D eigenvalue weighted by Crippen LogP contribution is -2.46. The van der Waals surface area contributed by atoms with Gasteiger partial charge in [-0.15, -0.1) is 0 Å². The summed E-state index contributed by atoms with van der Waals surface area (Å²) in [7, 11) is -2.89. The molecule has 1 saturated carbocycles. The van der Waals surface area contributed by atoms with Crippen molar-refractivity contribution in [3.63, 3.8) is 0 Å². The Balaban J connectivity index is 1.19. The first kappa shape index (κ1) is 23.3. The van der Waals surface area contributed by atoms with Crippen molar-refractivity contribution in [3.05, 3.63) is 23.8 Å². The summed E-state index contributed by atoms with van der Waals surface area (Å²) in [5.41, 5.74) is -0.0496. The van der Waals surface area contributed by atoms with Crippen LogP contribution in [0.5, 0.6) is 0 Å². The highest BCUT2D eigenvalue weighted by Crippen LogP contribution is 2.37. The Kier molecular flexibility index (Phi) is 6.16. The number of nitrogens with zero attached hydrogens (tertiary/aromatic N) is 2. The monoisotopic (exact) mass is 497 g/mol. The third kappa shape index (κ3) is 4.58. The van der Waals surface area contributed by atoms with E-state index in [9.17, 15) is 26.8 Å². The number of benzene rings is 1. The Morgan fingerprint density at radius 3 is 2.26 bits per heavy atom. The largest absolute Gasteiger partial charge is 0.442 e. The van der Waals surface area contributed by atoms with E-state index in [1.54, 1.807) is 4.90 Å². The van der Waals surface area contributed by atoms with Gasteiger partial charge in [-0.2, -0.15) is 0 Å². The summed E-state index contributed by atoms with van der Waals surface area (Å²) in [6.07, 6.45) is 2.87. The van der Waals surface area contributed by atoms with Gasteiger partial charge in [0.2, 0.25) is 5.91 Å². The van der Waals surface area contributed by atoms with Gasteiger partial charge in [0.15, 0.2) is 21.5 Å². The Bertz CT molecular complexity index is 1050. The quantitative estimate of drug-likeness (QED) is 0.649. The van der Waals surface area contributed by atoms with Crippen molar-refractivity contribution in [1.82, 2.24) is 5.32 Å². The summed E-state index contributed by atoms with van der Waals surface area (Å²) >= 11 is 0. The lowest BCUT2D eigenvalue weighted by Gasteiger charge is -2.40. The number of carbonyl (C=O) groups is 2. The third-order valence-corrected chi connectivity index (χ3v) is 9.50. The number of hydrogen-bond donors (Lipinski definition) is 1. The van der Waals surface area contributed by atoms with Gasteiger partial charge in [-0.1, -0.05) is 6.42 Å².